The van der Waals surface area contributed by atoms with Crippen molar-refractivity contribution in [3.05, 3.63) is 75.4 Å². The van der Waals surface area contributed by atoms with Crippen LogP contribution in [0, 0.1) is 6.92 Å². The molecule has 0 bridgehead atoms. The number of para-hydroxylation sites is 1. The number of nitrogens with zero attached hydrogens (tertiary/aromatic N) is 2. The molecule has 1 aromatic heterocycles. The lowest BCUT2D eigenvalue weighted by Crippen LogP contribution is -2.15. The summed E-state index contributed by atoms with van der Waals surface area (Å²) < 4.78 is 2.52. The Morgan fingerprint density at radius 3 is 2.61 bits per heavy atom. The Morgan fingerprint density at radius 2 is 1.91 bits per heavy atom. The van der Waals surface area contributed by atoms with Gasteiger partial charge >= 0.3 is 0 Å². The van der Waals surface area contributed by atoms with Crippen molar-refractivity contribution in [3.8, 4) is 5.69 Å². The molecule has 3 aromatic rings. The lowest BCUT2D eigenvalue weighted by molar-refractivity contribution is 0.102. The van der Waals surface area contributed by atoms with Crippen LogP contribution in [0.1, 0.15) is 16.1 Å². The second-order valence-corrected chi connectivity index (χ2v) is 6.32. The smallest absolute Gasteiger partial charge is 0.258 e. The minimum absolute atomic E-state index is 0.278. The van der Waals surface area contributed by atoms with Crippen molar-refractivity contribution < 1.29 is 4.79 Å². The summed E-state index contributed by atoms with van der Waals surface area (Å²) in [6.07, 6.45) is 0. The van der Waals surface area contributed by atoms with Crippen LogP contribution in [-0.4, -0.2) is 15.7 Å². The number of halogens is 2. The summed E-state index contributed by atoms with van der Waals surface area (Å²) >= 11 is 9.47. The molecule has 116 valence electrons. The van der Waals surface area contributed by atoms with Crippen molar-refractivity contribution in [1.29, 1.82) is 0 Å². The zero-order chi connectivity index (χ0) is 16.4. The van der Waals surface area contributed by atoms with Crippen molar-refractivity contribution in [2.24, 2.45) is 0 Å². The minimum atomic E-state index is -0.278. The van der Waals surface area contributed by atoms with Gasteiger partial charge in [0.2, 0.25) is 0 Å². The third kappa shape index (κ3) is 3.46. The molecule has 6 heteroatoms. The topological polar surface area (TPSA) is 46.9 Å². The van der Waals surface area contributed by atoms with Crippen LogP contribution in [0.2, 0.25) is 5.02 Å². The van der Waals surface area contributed by atoms with Gasteiger partial charge in [0.25, 0.3) is 5.91 Å². The molecule has 1 heterocycles. The van der Waals surface area contributed by atoms with E-state index in [1.807, 2.05) is 43.3 Å². The molecule has 0 aliphatic carbocycles. The highest BCUT2D eigenvalue weighted by atomic mass is 79.9. The first-order valence-corrected chi connectivity index (χ1v) is 8.10. The number of hydrogen-bond acceptors (Lipinski definition) is 2. The predicted molar refractivity (Wildman–Crippen MR) is 95.4 cm³/mol. The molecule has 2 aromatic carbocycles. The molecule has 4 nitrogen and oxygen atoms in total. The molecule has 1 amide bonds. The Labute approximate surface area is 147 Å². The van der Waals surface area contributed by atoms with Gasteiger partial charge in [-0.1, -0.05) is 45.7 Å². The van der Waals surface area contributed by atoms with Gasteiger partial charge in [0.15, 0.2) is 0 Å². The third-order valence-corrected chi connectivity index (χ3v) is 4.06. The molecule has 0 radical (unpaired) electrons. The highest BCUT2D eigenvalue weighted by molar-refractivity contribution is 9.10. The molecule has 0 saturated heterocycles. The van der Waals surface area contributed by atoms with Crippen LogP contribution < -0.4 is 5.32 Å². The average molecular weight is 391 g/mol. The Morgan fingerprint density at radius 1 is 1.17 bits per heavy atom. The van der Waals surface area contributed by atoms with Crippen LogP contribution in [0.4, 0.5) is 5.82 Å². The first kappa shape index (κ1) is 15.8. The predicted octanol–water partition coefficient (Wildman–Crippen LogP) is 4.85. The van der Waals surface area contributed by atoms with Crippen molar-refractivity contribution >= 4 is 39.3 Å². The fourth-order valence-electron chi connectivity index (χ4n) is 2.21. The normalized spacial score (nSPS) is 10.6. The monoisotopic (exact) mass is 389 g/mol. The number of aromatic nitrogens is 2. The van der Waals surface area contributed by atoms with Gasteiger partial charge in [-0.15, -0.1) is 0 Å². The van der Waals surface area contributed by atoms with Gasteiger partial charge < -0.3 is 5.32 Å². The average Bonchev–Trinajstić information content (AvgIpc) is 2.88. The molecule has 0 aliphatic heterocycles. The molecule has 0 fully saturated rings. The summed E-state index contributed by atoms with van der Waals surface area (Å²) in [6.45, 7) is 1.88. The van der Waals surface area contributed by atoms with Gasteiger partial charge in [0, 0.05) is 10.5 Å². The zero-order valence-corrected chi connectivity index (χ0v) is 14.6. The van der Waals surface area contributed by atoms with Gasteiger partial charge in [-0.05, 0) is 37.3 Å². The van der Waals surface area contributed by atoms with Crippen molar-refractivity contribution in [2.45, 2.75) is 6.92 Å². The maximum atomic E-state index is 12.5. The maximum absolute atomic E-state index is 12.5. The van der Waals surface area contributed by atoms with Gasteiger partial charge in [0.1, 0.15) is 5.82 Å². The molecular formula is C17H13BrClN3O. The van der Waals surface area contributed by atoms with Crippen molar-refractivity contribution in [2.75, 3.05) is 5.32 Å². The molecule has 0 unspecified atom stereocenters. The number of hydrogen-bond donors (Lipinski definition) is 1. The number of nitrogens with one attached hydrogen (secondary N) is 1. The molecule has 0 atom stereocenters. The molecule has 23 heavy (non-hydrogen) atoms. The maximum Gasteiger partial charge on any atom is 0.258 e. The Kier molecular flexibility index (Phi) is 4.50. The number of anilines is 1. The van der Waals surface area contributed by atoms with Gasteiger partial charge in [-0.3, -0.25) is 4.79 Å². The summed E-state index contributed by atoms with van der Waals surface area (Å²) in [7, 11) is 0. The first-order chi connectivity index (χ1) is 11.0. The van der Waals surface area contributed by atoms with E-state index in [2.05, 4.69) is 26.3 Å². The van der Waals surface area contributed by atoms with Crippen LogP contribution >= 0.6 is 27.5 Å². The van der Waals surface area contributed by atoms with Crippen LogP contribution in [0.3, 0.4) is 0 Å². The van der Waals surface area contributed by atoms with E-state index in [9.17, 15) is 4.79 Å². The number of rotatable bonds is 3. The van der Waals surface area contributed by atoms with E-state index in [0.717, 1.165) is 15.9 Å². The number of amides is 1. The van der Waals surface area contributed by atoms with Gasteiger partial charge in [-0.25, -0.2) is 4.68 Å². The molecule has 0 aliphatic rings. The van der Waals surface area contributed by atoms with E-state index < -0.39 is 0 Å². The van der Waals surface area contributed by atoms with Gasteiger partial charge in [-0.2, -0.15) is 5.10 Å². The summed E-state index contributed by atoms with van der Waals surface area (Å²) in [5, 5.41) is 7.68. The first-order valence-electron chi connectivity index (χ1n) is 6.93. The minimum Gasteiger partial charge on any atom is -0.306 e. The molecular weight excluding hydrogens is 378 g/mol. The van der Waals surface area contributed by atoms with E-state index in [1.165, 1.54) is 0 Å². The van der Waals surface area contributed by atoms with Crippen LogP contribution in [-0.2, 0) is 0 Å². The fraction of sp³-hybridized carbons (Fsp3) is 0.0588. The van der Waals surface area contributed by atoms with Crippen molar-refractivity contribution in [1.82, 2.24) is 9.78 Å². The summed E-state index contributed by atoms with van der Waals surface area (Å²) in [5.74, 6) is 0.317. The van der Waals surface area contributed by atoms with Crippen molar-refractivity contribution in [3.63, 3.8) is 0 Å². The Balaban J connectivity index is 1.93. The van der Waals surface area contributed by atoms with Crippen LogP contribution in [0.25, 0.3) is 5.69 Å². The molecule has 0 saturated carbocycles. The number of carbonyl (C=O) groups excluding carboxylic acids is 1. The fourth-order valence-corrected chi connectivity index (χ4v) is 2.97. The second-order valence-electron chi connectivity index (χ2n) is 5.00. The molecule has 1 N–H and O–H groups in total. The summed E-state index contributed by atoms with van der Waals surface area (Å²) in [5.41, 5.74) is 2.09. The third-order valence-electron chi connectivity index (χ3n) is 3.25. The van der Waals surface area contributed by atoms with E-state index in [-0.39, 0.29) is 5.91 Å². The largest absolute Gasteiger partial charge is 0.306 e. The zero-order valence-electron chi connectivity index (χ0n) is 12.3. The van der Waals surface area contributed by atoms with Crippen LogP contribution in [0.5, 0.6) is 0 Å². The Bertz CT molecular complexity index is 862. The number of aryl methyl sites for hydroxylation is 1. The highest BCUT2D eigenvalue weighted by Gasteiger charge is 2.14. The quantitative estimate of drug-likeness (QED) is 0.695. The standard InChI is InChI=1S/C17H13BrClN3O/c1-11-9-16(22(21-11)13-5-3-2-4-6-13)20-17(23)14-8-7-12(18)10-15(14)19/h2-10H,1H3,(H,20,23). The SMILES string of the molecule is Cc1cc(NC(=O)c2ccc(Br)cc2Cl)n(-c2ccccc2)n1. The number of carbonyl (C=O) groups is 1. The van der Waals surface area contributed by atoms with Crippen LogP contribution in [0.15, 0.2) is 59.1 Å². The summed E-state index contributed by atoms with van der Waals surface area (Å²) in [4.78, 5) is 12.5. The van der Waals surface area contributed by atoms with E-state index in [4.69, 9.17) is 11.6 Å². The van der Waals surface area contributed by atoms with E-state index in [0.29, 0.717) is 16.4 Å². The van der Waals surface area contributed by atoms with E-state index >= 15 is 0 Å². The lowest BCUT2D eigenvalue weighted by Gasteiger charge is -2.10. The molecule has 0 spiro atoms. The molecule has 3 rings (SSSR count). The van der Waals surface area contributed by atoms with E-state index in [1.54, 1.807) is 22.9 Å². The second kappa shape index (κ2) is 6.56. The lowest BCUT2D eigenvalue weighted by atomic mass is 10.2. The summed E-state index contributed by atoms with van der Waals surface area (Å²) in [6, 6.07) is 16.6. The van der Waals surface area contributed by atoms with Gasteiger partial charge in [0.05, 0.1) is 22.0 Å². The highest BCUT2D eigenvalue weighted by Crippen LogP contribution is 2.23. The number of benzene rings is 2. The Hall–Kier alpha value is -2.11.